The van der Waals surface area contributed by atoms with Crippen LogP contribution in [-0.2, 0) is 13.6 Å². The van der Waals surface area contributed by atoms with Gasteiger partial charge in [-0.15, -0.1) is 10.2 Å². The van der Waals surface area contributed by atoms with Crippen LogP contribution in [0.15, 0.2) is 32.7 Å². The Morgan fingerprint density at radius 1 is 1.35 bits per heavy atom. The van der Waals surface area contributed by atoms with Crippen molar-refractivity contribution >= 4 is 27.7 Å². The lowest BCUT2D eigenvalue weighted by molar-refractivity contribution is 0.587. The van der Waals surface area contributed by atoms with Crippen LogP contribution in [0.25, 0.3) is 0 Å². The smallest absolute Gasteiger partial charge is 0.195 e. The van der Waals surface area contributed by atoms with E-state index in [1.165, 1.54) is 5.56 Å². The van der Waals surface area contributed by atoms with E-state index in [2.05, 4.69) is 63.5 Å². The lowest BCUT2D eigenvalue weighted by Gasteiger charge is -2.10. The van der Waals surface area contributed by atoms with Crippen molar-refractivity contribution in [2.24, 2.45) is 7.05 Å². The third-order valence-electron chi connectivity index (χ3n) is 2.99. The molecule has 1 N–H and O–H groups in total. The number of aryl methyl sites for hydroxylation is 1. The molecule has 2 rings (SSSR count). The number of rotatable bonds is 5. The van der Waals surface area contributed by atoms with E-state index in [1.807, 2.05) is 18.5 Å². The molecule has 0 radical (unpaired) electrons. The number of nitrogens with one attached hydrogen (secondary N) is 1. The molecular formula is C14H19BrN4S. The molecule has 0 bridgehead atoms. The fraction of sp³-hybridized carbons (Fsp3) is 0.429. The van der Waals surface area contributed by atoms with Crippen LogP contribution in [-0.4, -0.2) is 20.8 Å². The first-order valence-corrected chi connectivity index (χ1v) is 8.14. The van der Waals surface area contributed by atoms with E-state index in [1.54, 1.807) is 11.8 Å². The molecule has 6 heteroatoms. The highest BCUT2D eigenvalue weighted by Crippen LogP contribution is 2.30. The van der Waals surface area contributed by atoms with Gasteiger partial charge in [0.25, 0.3) is 0 Å². The Hall–Kier alpha value is -0.850. The molecule has 0 aliphatic rings. The molecular weight excluding hydrogens is 336 g/mol. The van der Waals surface area contributed by atoms with Gasteiger partial charge in [-0.1, -0.05) is 35.8 Å². The molecule has 1 aromatic heterocycles. The van der Waals surface area contributed by atoms with E-state index in [0.717, 1.165) is 26.9 Å². The Morgan fingerprint density at radius 3 is 2.65 bits per heavy atom. The molecule has 0 saturated heterocycles. The summed E-state index contributed by atoms with van der Waals surface area (Å²) in [6.07, 6.45) is 0. The minimum Gasteiger partial charge on any atom is -0.310 e. The lowest BCUT2D eigenvalue weighted by Crippen LogP contribution is -2.21. The summed E-state index contributed by atoms with van der Waals surface area (Å²) in [6, 6.07) is 6.88. The van der Waals surface area contributed by atoms with Gasteiger partial charge in [0.2, 0.25) is 0 Å². The predicted molar refractivity (Wildman–Crippen MR) is 86.0 cm³/mol. The highest BCUT2D eigenvalue weighted by molar-refractivity contribution is 9.10. The maximum atomic E-state index is 4.17. The van der Waals surface area contributed by atoms with Crippen LogP contribution in [0, 0.1) is 6.92 Å². The van der Waals surface area contributed by atoms with Crippen LogP contribution >= 0.6 is 27.7 Å². The minimum atomic E-state index is 0.484. The number of hydrogen-bond donors (Lipinski definition) is 1. The summed E-state index contributed by atoms with van der Waals surface area (Å²) in [4.78, 5) is 1.15. The van der Waals surface area contributed by atoms with Crippen molar-refractivity contribution in [3.63, 3.8) is 0 Å². The van der Waals surface area contributed by atoms with Crippen LogP contribution in [0.4, 0.5) is 0 Å². The number of nitrogens with zero attached hydrogens (tertiary/aromatic N) is 3. The first-order valence-electron chi connectivity index (χ1n) is 6.53. The minimum absolute atomic E-state index is 0.484. The van der Waals surface area contributed by atoms with Crippen molar-refractivity contribution < 1.29 is 0 Å². The van der Waals surface area contributed by atoms with Gasteiger partial charge in [-0.2, -0.15) is 0 Å². The third kappa shape index (κ3) is 3.84. The Balaban J connectivity index is 2.11. The summed E-state index contributed by atoms with van der Waals surface area (Å²) in [7, 11) is 1.98. The fourth-order valence-electron chi connectivity index (χ4n) is 1.63. The SMILES string of the molecule is Cc1nnc(Sc2ccc(CNC(C)C)c(Br)c2)n1C. The Kier molecular flexibility index (Phi) is 5.23. The van der Waals surface area contributed by atoms with Gasteiger partial charge in [-0.3, -0.25) is 0 Å². The number of halogens is 1. The highest BCUT2D eigenvalue weighted by Gasteiger charge is 2.08. The van der Waals surface area contributed by atoms with Crippen molar-refractivity contribution in [1.29, 1.82) is 0 Å². The first-order chi connectivity index (χ1) is 9.47. The molecule has 4 nitrogen and oxygen atoms in total. The van der Waals surface area contributed by atoms with Gasteiger partial charge in [0, 0.05) is 29.0 Å². The van der Waals surface area contributed by atoms with Crippen molar-refractivity contribution in [1.82, 2.24) is 20.1 Å². The van der Waals surface area contributed by atoms with E-state index in [4.69, 9.17) is 0 Å². The molecule has 0 unspecified atom stereocenters. The Morgan fingerprint density at radius 2 is 2.10 bits per heavy atom. The third-order valence-corrected chi connectivity index (χ3v) is 4.75. The molecule has 0 atom stereocenters. The maximum Gasteiger partial charge on any atom is 0.195 e. The second kappa shape index (κ2) is 6.74. The highest BCUT2D eigenvalue weighted by atomic mass is 79.9. The fourth-order valence-corrected chi connectivity index (χ4v) is 3.18. The van der Waals surface area contributed by atoms with Crippen molar-refractivity contribution in [3.05, 3.63) is 34.1 Å². The quantitative estimate of drug-likeness (QED) is 0.891. The molecule has 1 heterocycles. The summed E-state index contributed by atoms with van der Waals surface area (Å²) in [5.74, 6) is 0.921. The van der Waals surface area contributed by atoms with Crippen LogP contribution < -0.4 is 5.32 Å². The molecule has 0 spiro atoms. The second-order valence-electron chi connectivity index (χ2n) is 4.98. The topological polar surface area (TPSA) is 42.7 Å². The van der Waals surface area contributed by atoms with E-state index >= 15 is 0 Å². The summed E-state index contributed by atoms with van der Waals surface area (Å²) >= 11 is 5.26. The molecule has 0 aliphatic heterocycles. The number of aromatic nitrogens is 3. The maximum absolute atomic E-state index is 4.17. The lowest BCUT2D eigenvalue weighted by atomic mass is 10.2. The summed E-state index contributed by atoms with van der Waals surface area (Å²) < 4.78 is 3.11. The average Bonchev–Trinajstić information content (AvgIpc) is 2.69. The van der Waals surface area contributed by atoms with Crippen LogP contribution in [0.2, 0.25) is 0 Å². The van der Waals surface area contributed by atoms with E-state index < -0.39 is 0 Å². The molecule has 2 aromatic rings. The molecule has 0 aliphatic carbocycles. The molecule has 20 heavy (non-hydrogen) atoms. The molecule has 0 fully saturated rings. The normalized spacial score (nSPS) is 11.3. The molecule has 0 amide bonds. The van der Waals surface area contributed by atoms with Gasteiger partial charge in [0.15, 0.2) is 5.16 Å². The standard InChI is InChI=1S/C14H19BrN4S/c1-9(2)16-8-11-5-6-12(7-13(11)15)20-14-18-17-10(3)19(14)4/h5-7,9,16H,8H2,1-4H3. The van der Waals surface area contributed by atoms with E-state index in [0.29, 0.717) is 6.04 Å². The van der Waals surface area contributed by atoms with Crippen LogP contribution in [0.1, 0.15) is 25.2 Å². The summed E-state index contributed by atoms with van der Waals surface area (Å²) in [5.41, 5.74) is 1.26. The predicted octanol–water partition coefficient (Wildman–Crippen LogP) is 3.54. The Labute approximate surface area is 132 Å². The number of hydrogen-bond acceptors (Lipinski definition) is 4. The zero-order valence-corrected chi connectivity index (χ0v) is 14.5. The second-order valence-corrected chi connectivity index (χ2v) is 6.87. The average molecular weight is 355 g/mol. The van der Waals surface area contributed by atoms with E-state index in [9.17, 15) is 0 Å². The van der Waals surface area contributed by atoms with Gasteiger partial charge in [-0.25, -0.2) is 0 Å². The van der Waals surface area contributed by atoms with Gasteiger partial charge in [0.1, 0.15) is 5.82 Å². The zero-order valence-electron chi connectivity index (χ0n) is 12.1. The Bertz CT molecular complexity index is 595. The largest absolute Gasteiger partial charge is 0.310 e. The monoisotopic (exact) mass is 354 g/mol. The van der Waals surface area contributed by atoms with Gasteiger partial charge < -0.3 is 9.88 Å². The van der Waals surface area contributed by atoms with E-state index in [-0.39, 0.29) is 0 Å². The molecule has 108 valence electrons. The van der Waals surface area contributed by atoms with Gasteiger partial charge in [-0.05, 0) is 36.4 Å². The summed E-state index contributed by atoms with van der Waals surface area (Å²) in [5, 5.41) is 12.6. The van der Waals surface area contributed by atoms with Crippen molar-refractivity contribution in [3.8, 4) is 0 Å². The first kappa shape index (κ1) is 15.5. The summed E-state index contributed by atoms with van der Waals surface area (Å²) in [6.45, 7) is 7.11. The zero-order chi connectivity index (χ0) is 14.7. The van der Waals surface area contributed by atoms with Gasteiger partial charge in [0.05, 0.1) is 0 Å². The molecule has 1 aromatic carbocycles. The number of benzene rings is 1. The molecule has 0 saturated carbocycles. The van der Waals surface area contributed by atoms with Crippen LogP contribution in [0.5, 0.6) is 0 Å². The van der Waals surface area contributed by atoms with Gasteiger partial charge >= 0.3 is 0 Å². The van der Waals surface area contributed by atoms with Crippen molar-refractivity contribution in [2.45, 2.75) is 43.4 Å². The van der Waals surface area contributed by atoms with Crippen molar-refractivity contribution in [2.75, 3.05) is 0 Å². The van der Waals surface area contributed by atoms with Crippen LogP contribution in [0.3, 0.4) is 0 Å².